The summed E-state index contributed by atoms with van der Waals surface area (Å²) >= 11 is 0. The second-order valence-corrected chi connectivity index (χ2v) is 3.75. The number of hydrogen-bond donors (Lipinski definition) is 6. The average molecular weight is 337 g/mol. The molecule has 0 fully saturated rings. The summed E-state index contributed by atoms with van der Waals surface area (Å²) in [6.07, 6.45) is 2.28. The second kappa shape index (κ2) is 18.4. The van der Waals surface area contributed by atoms with E-state index in [0.29, 0.717) is 38.8 Å². The van der Waals surface area contributed by atoms with E-state index in [4.69, 9.17) is 33.1 Å². The van der Waals surface area contributed by atoms with Gasteiger partial charge in [0.25, 0.3) is 0 Å². The Morgan fingerprint density at radius 1 is 0.800 bits per heavy atom. The fraction of sp³-hybridized carbons (Fsp3) is 0.800. The molecule has 0 aromatic heterocycles. The Morgan fingerprint density at radius 2 is 1.05 bits per heavy atom. The monoisotopic (exact) mass is 336 g/mol. The molecular weight excluding hydrogens is 311 g/mol. The summed E-state index contributed by atoms with van der Waals surface area (Å²) in [4.78, 5) is 20.1. The maximum atomic E-state index is 10.0. The SMILES string of the molecule is Cl.Cl.NCCC[C@@H](N)C(=O)O.NCCC[C@H](N)C(=O)O. The standard InChI is InChI=1S/2C5H12N2O2.2ClH/c2*6-3-1-2-4(7)5(8)9;;/h2*4H,1-3,6-7H2,(H,8,9);2*1H/t2*4-;;/m10../s1. The molecule has 0 aliphatic rings. The number of carboxylic acid groups (broad SMARTS) is 2. The summed E-state index contributed by atoms with van der Waals surface area (Å²) in [7, 11) is 0. The third-order valence-electron chi connectivity index (χ3n) is 2.07. The van der Waals surface area contributed by atoms with Crippen molar-refractivity contribution in [3.63, 3.8) is 0 Å². The first-order valence-corrected chi connectivity index (χ1v) is 5.73. The predicted octanol–water partition coefficient (Wildman–Crippen LogP) is -0.882. The molecule has 10 N–H and O–H groups in total. The molecule has 0 radical (unpaired) electrons. The molecule has 0 amide bonds. The van der Waals surface area contributed by atoms with Crippen molar-refractivity contribution >= 4 is 36.8 Å². The van der Waals surface area contributed by atoms with Gasteiger partial charge in [0, 0.05) is 0 Å². The fourth-order valence-electron chi connectivity index (χ4n) is 0.922. The van der Waals surface area contributed by atoms with Gasteiger partial charge in [0.15, 0.2) is 0 Å². The Bertz CT molecular complexity index is 223. The smallest absolute Gasteiger partial charge is 0.320 e. The van der Waals surface area contributed by atoms with Crippen molar-refractivity contribution in [2.75, 3.05) is 13.1 Å². The summed E-state index contributed by atoms with van der Waals surface area (Å²) in [5.41, 5.74) is 20.6. The molecule has 0 saturated heterocycles. The van der Waals surface area contributed by atoms with Gasteiger partial charge < -0.3 is 33.1 Å². The van der Waals surface area contributed by atoms with E-state index >= 15 is 0 Å². The van der Waals surface area contributed by atoms with Gasteiger partial charge in [0.2, 0.25) is 0 Å². The maximum Gasteiger partial charge on any atom is 0.320 e. The maximum absolute atomic E-state index is 10.0. The Hall–Kier alpha value is -0.640. The Kier molecular flexibility index (Phi) is 25.4. The van der Waals surface area contributed by atoms with Gasteiger partial charge in [0.05, 0.1) is 0 Å². The predicted molar refractivity (Wildman–Crippen MR) is 82.3 cm³/mol. The van der Waals surface area contributed by atoms with E-state index in [1.807, 2.05) is 0 Å². The van der Waals surface area contributed by atoms with Crippen molar-refractivity contribution in [2.45, 2.75) is 37.8 Å². The normalized spacial score (nSPS) is 11.8. The highest BCUT2D eigenvalue weighted by molar-refractivity contribution is 5.85. The van der Waals surface area contributed by atoms with Gasteiger partial charge in [-0.25, -0.2) is 0 Å². The molecule has 0 saturated carbocycles. The molecule has 8 nitrogen and oxygen atoms in total. The summed E-state index contributed by atoms with van der Waals surface area (Å²) in [5.74, 6) is -1.91. The lowest BCUT2D eigenvalue weighted by atomic mass is 10.2. The third-order valence-corrected chi connectivity index (χ3v) is 2.07. The zero-order valence-electron chi connectivity index (χ0n) is 11.2. The quantitative estimate of drug-likeness (QED) is 0.330. The van der Waals surface area contributed by atoms with E-state index in [-0.39, 0.29) is 24.8 Å². The minimum Gasteiger partial charge on any atom is -0.480 e. The van der Waals surface area contributed by atoms with Crippen LogP contribution in [0.4, 0.5) is 0 Å². The van der Waals surface area contributed by atoms with Crippen LogP contribution >= 0.6 is 24.8 Å². The number of hydrogen-bond acceptors (Lipinski definition) is 6. The largest absolute Gasteiger partial charge is 0.480 e. The van der Waals surface area contributed by atoms with Gasteiger partial charge in [-0.15, -0.1) is 24.8 Å². The van der Waals surface area contributed by atoms with E-state index in [0.717, 1.165) is 0 Å². The van der Waals surface area contributed by atoms with Crippen LogP contribution in [0.2, 0.25) is 0 Å². The molecule has 0 bridgehead atoms. The Balaban J connectivity index is -0.000000116. The number of nitrogens with two attached hydrogens (primary N) is 4. The van der Waals surface area contributed by atoms with Crippen LogP contribution in [-0.2, 0) is 9.59 Å². The molecule has 0 rings (SSSR count). The van der Waals surface area contributed by atoms with E-state index in [1.54, 1.807) is 0 Å². The van der Waals surface area contributed by atoms with Gasteiger partial charge in [-0.05, 0) is 38.8 Å². The van der Waals surface area contributed by atoms with Crippen LogP contribution in [0.15, 0.2) is 0 Å². The molecular formula is C10H26Cl2N4O4. The molecule has 0 aliphatic heterocycles. The van der Waals surface area contributed by atoms with Crippen molar-refractivity contribution < 1.29 is 19.8 Å². The van der Waals surface area contributed by atoms with Gasteiger partial charge in [0.1, 0.15) is 12.1 Å². The Labute approximate surface area is 131 Å². The first-order valence-electron chi connectivity index (χ1n) is 5.73. The highest BCUT2D eigenvalue weighted by atomic mass is 35.5. The highest BCUT2D eigenvalue weighted by Crippen LogP contribution is 1.91. The summed E-state index contributed by atoms with van der Waals surface area (Å²) in [6.45, 7) is 1.00. The zero-order valence-corrected chi connectivity index (χ0v) is 12.9. The average Bonchev–Trinajstić information content (AvgIpc) is 2.33. The van der Waals surface area contributed by atoms with Crippen LogP contribution in [0.3, 0.4) is 0 Å². The first kappa shape index (κ1) is 27.7. The zero-order chi connectivity index (χ0) is 14.6. The molecule has 0 aliphatic carbocycles. The van der Waals surface area contributed by atoms with Crippen molar-refractivity contribution in [1.82, 2.24) is 0 Å². The van der Waals surface area contributed by atoms with Crippen LogP contribution in [0.1, 0.15) is 25.7 Å². The van der Waals surface area contributed by atoms with E-state index in [1.165, 1.54) is 0 Å². The molecule has 0 aromatic carbocycles. The van der Waals surface area contributed by atoms with E-state index < -0.39 is 24.0 Å². The van der Waals surface area contributed by atoms with Crippen molar-refractivity contribution in [3.05, 3.63) is 0 Å². The minimum absolute atomic E-state index is 0. The summed E-state index contributed by atoms with van der Waals surface area (Å²) < 4.78 is 0. The Morgan fingerprint density at radius 3 is 1.20 bits per heavy atom. The van der Waals surface area contributed by atoms with Crippen LogP contribution in [0, 0.1) is 0 Å². The van der Waals surface area contributed by atoms with Gasteiger partial charge in [-0.1, -0.05) is 0 Å². The van der Waals surface area contributed by atoms with Gasteiger partial charge in [-0.2, -0.15) is 0 Å². The molecule has 124 valence electrons. The summed E-state index contributed by atoms with van der Waals surface area (Å²) in [5, 5.41) is 16.5. The van der Waals surface area contributed by atoms with Crippen molar-refractivity contribution in [1.29, 1.82) is 0 Å². The first-order chi connectivity index (χ1) is 8.36. The van der Waals surface area contributed by atoms with E-state index in [2.05, 4.69) is 0 Å². The van der Waals surface area contributed by atoms with Crippen LogP contribution in [-0.4, -0.2) is 47.3 Å². The number of carbonyl (C=O) groups is 2. The second-order valence-electron chi connectivity index (χ2n) is 3.75. The molecule has 0 unspecified atom stereocenters. The molecule has 0 heterocycles. The molecule has 10 heteroatoms. The van der Waals surface area contributed by atoms with E-state index in [9.17, 15) is 9.59 Å². The number of aliphatic carboxylic acids is 2. The van der Waals surface area contributed by atoms with Crippen LogP contribution < -0.4 is 22.9 Å². The fourth-order valence-corrected chi connectivity index (χ4v) is 0.922. The lowest BCUT2D eigenvalue weighted by Gasteiger charge is -2.02. The van der Waals surface area contributed by atoms with Gasteiger partial charge in [-0.3, -0.25) is 9.59 Å². The number of halogens is 2. The highest BCUT2D eigenvalue weighted by Gasteiger charge is 2.09. The lowest BCUT2D eigenvalue weighted by molar-refractivity contribution is -0.139. The minimum atomic E-state index is -0.955. The topological polar surface area (TPSA) is 179 Å². The molecule has 0 spiro atoms. The summed E-state index contributed by atoms with van der Waals surface area (Å²) in [6, 6.07) is -1.48. The van der Waals surface area contributed by atoms with Crippen molar-refractivity contribution in [3.8, 4) is 0 Å². The lowest BCUT2D eigenvalue weighted by Crippen LogP contribution is -2.30. The van der Waals surface area contributed by atoms with Crippen LogP contribution in [0.25, 0.3) is 0 Å². The number of carboxylic acids is 2. The van der Waals surface area contributed by atoms with Crippen molar-refractivity contribution in [2.24, 2.45) is 22.9 Å². The molecule has 20 heavy (non-hydrogen) atoms. The molecule has 2 atom stereocenters. The third kappa shape index (κ3) is 19.7. The van der Waals surface area contributed by atoms with Crippen LogP contribution in [0.5, 0.6) is 0 Å². The number of rotatable bonds is 8. The molecule has 0 aromatic rings. The van der Waals surface area contributed by atoms with Gasteiger partial charge >= 0.3 is 11.9 Å².